The first-order valence-corrected chi connectivity index (χ1v) is 18.0. The zero-order valence-electron chi connectivity index (χ0n) is 31.6. The van der Waals surface area contributed by atoms with Crippen LogP contribution in [-0.4, -0.2) is 138 Å². The third kappa shape index (κ3) is 9.09. The van der Waals surface area contributed by atoms with Gasteiger partial charge in [0.2, 0.25) is 0 Å². The predicted octanol–water partition coefficient (Wildman–Crippen LogP) is 3.12. The van der Waals surface area contributed by atoms with Gasteiger partial charge in [0, 0.05) is 31.0 Å². The number of carbonyl (C=O) groups excluding carboxylic acids is 2. The molecule has 4 fully saturated rings. The first kappa shape index (κ1) is 41.0. The van der Waals surface area contributed by atoms with E-state index in [-0.39, 0.29) is 31.1 Å². The fourth-order valence-corrected chi connectivity index (χ4v) is 8.30. The van der Waals surface area contributed by atoms with Crippen molar-refractivity contribution in [3.8, 4) is 0 Å². The van der Waals surface area contributed by atoms with Gasteiger partial charge >= 0.3 is 11.9 Å². The highest BCUT2D eigenvalue weighted by atomic mass is 16.7. The summed E-state index contributed by atoms with van der Waals surface area (Å²) in [7, 11) is 6.01. The number of likely N-dealkylation sites (N-methyl/N-ethyl adjacent to an activating group) is 1. The number of aliphatic hydroxyl groups is 3. The van der Waals surface area contributed by atoms with Crippen molar-refractivity contribution in [2.75, 3.05) is 34.3 Å². The highest BCUT2D eigenvalue weighted by Crippen LogP contribution is 2.46. The van der Waals surface area contributed by atoms with Gasteiger partial charge in [-0.1, -0.05) is 13.8 Å². The average Bonchev–Trinajstić information content (AvgIpc) is 2.98. The number of fused-ring (bicyclic) bond motifs is 13. The molecule has 0 amide bonds. The molecule has 14 atom stereocenters. The lowest BCUT2D eigenvalue weighted by Crippen LogP contribution is -2.62. The van der Waals surface area contributed by atoms with Gasteiger partial charge in [0.25, 0.3) is 0 Å². The van der Waals surface area contributed by atoms with E-state index in [4.69, 9.17) is 23.7 Å². The Kier molecular flexibility index (Phi) is 13.9. The van der Waals surface area contributed by atoms with E-state index in [9.17, 15) is 24.9 Å². The quantitative estimate of drug-likeness (QED) is 0.338. The minimum absolute atomic E-state index is 0.00961. The molecule has 12 heteroatoms. The van der Waals surface area contributed by atoms with E-state index in [1.807, 2.05) is 39.6 Å². The first-order chi connectivity index (χ1) is 22.2. The van der Waals surface area contributed by atoms with Gasteiger partial charge in [0.15, 0.2) is 6.29 Å². The van der Waals surface area contributed by atoms with E-state index >= 15 is 0 Å². The maximum absolute atomic E-state index is 14.2. The summed E-state index contributed by atoms with van der Waals surface area (Å²) < 4.78 is 31.2. The summed E-state index contributed by atoms with van der Waals surface area (Å²) in [6.45, 7) is 17.0. The van der Waals surface area contributed by atoms with Crippen LogP contribution in [0.2, 0.25) is 0 Å². The molecule has 12 nitrogen and oxygen atoms in total. The Bertz CT molecular complexity index is 1080. The molecule has 4 rings (SSSR count). The Morgan fingerprint density at radius 2 is 1.69 bits per heavy atom. The second-order valence-corrected chi connectivity index (χ2v) is 15.9. The highest BCUT2D eigenvalue weighted by molar-refractivity contribution is 5.84. The second-order valence-electron chi connectivity index (χ2n) is 15.9. The molecule has 48 heavy (non-hydrogen) atoms. The summed E-state index contributed by atoms with van der Waals surface area (Å²) in [5, 5.41) is 35.4. The van der Waals surface area contributed by atoms with Crippen LogP contribution in [0.1, 0.15) is 101 Å². The fourth-order valence-electron chi connectivity index (χ4n) is 8.30. The predicted molar refractivity (Wildman–Crippen MR) is 181 cm³/mol. The van der Waals surface area contributed by atoms with Crippen molar-refractivity contribution in [2.45, 2.75) is 167 Å². The molecule has 4 heterocycles. The number of hydrogen-bond donors (Lipinski definition) is 3. The molecule has 0 aromatic heterocycles. The molecule has 280 valence electrons. The highest BCUT2D eigenvalue weighted by Gasteiger charge is 2.56. The van der Waals surface area contributed by atoms with Crippen molar-refractivity contribution in [1.82, 2.24) is 9.80 Å². The number of aliphatic hydroxyl groups excluding tert-OH is 2. The van der Waals surface area contributed by atoms with Gasteiger partial charge in [-0.3, -0.25) is 9.59 Å². The summed E-state index contributed by atoms with van der Waals surface area (Å²) in [5.41, 5.74) is -4.38. The van der Waals surface area contributed by atoms with E-state index in [2.05, 4.69) is 25.9 Å². The number of ether oxygens (including phenoxy) is 5. The minimum Gasteiger partial charge on any atom is -0.466 e. The molecular formula is C36H66N2O10. The third-order valence-electron chi connectivity index (χ3n) is 11.4. The Hall–Kier alpha value is -1.38. The first-order valence-electron chi connectivity index (χ1n) is 18.0. The smallest absolute Gasteiger partial charge is 0.315 e. The third-order valence-corrected chi connectivity index (χ3v) is 11.4. The number of esters is 2. The second kappa shape index (κ2) is 16.3. The molecule has 4 aliphatic rings. The van der Waals surface area contributed by atoms with E-state index in [1.54, 1.807) is 13.8 Å². The Morgan fingerprint density at radius 1 is 1.04 bits per heavy atom. The average molecular weight is 687 g/mol. The van der Waals surface area contributed by atoms with Crippen LogP contribution >= 0.6 is 0 Å². The van der Waals surface area contributed by atoms with Crippen molar-refractivity contribution in [2.24, 2.45) is 17.3 Å². The van der Waals surface area contributed by atoms with Gasteiger partial charge in [-0.15, -0.1) is 0 Å². The van der Waals surface area contributed by atoms with E-state index in [0.717, 1.165) is 6.42 Å². The van der Waals surface area contributed by atoms with E-state index in [0.29, 0.717) is 25.8 Å². The van der Waals surface area contributed by atoms with Crippen LogP contribution in [-0.2, 0) is 33.3 Å². The van der Waals surface area contributed by atoms with Gasteiger partial charge in [0.05, 0.1) is 43.0 Å². The maximum Gasteiger partial charge on any atom is 0.315 e. The topological polar surface area (TPSA) is 147 Å². The normalized spacial score (nSPS) is 45.6. The largest absolute Gasteiger partial charge is 0.466 e. The molecule has 0 saturated carbocycles. The van der Waals surface area contributed by atoms with Crippen molar-refractivity contribution in [1.29, 1.82) is 0 Å². The molecule has 0 spiro atoms. The summed E-state index contributed by atoms with van der Waals surface area (Å²) in [5.74, 6) is -2.06. The number of nitrogens with zero attached hydrogens (tertiary/aromatic N) is 2. The molecule has 3 N–H and O–H groups in total. The molecule has 4 aliphatic heterocycles. The van der Waals surface area contributed by atoms with Gasteiger partial charge in [-0.2, -0.15) is 0 Å². The monoisotopic (exact) mass is 686 g/mol. The summed E-state index contributed by atoms with van der Waals surface area (Å²) in [6, 6.07) is -0.234. The Labute approximate surface area is 288 Å². The number of rotatable bonds is 7. The lowest BCUT2D eigenvalue weighted by Gasteiger charge is -2.52. The maximum atomic E-state index is 14.2. The van der Waals surface area contributed by atoms with Crippen LogP contribution in [0, 0.1) is 17.3 Å². The fraction of sp³-hybridized carbons (Fsp3) is 0.944. The van der Waals surface area contributed by atoms with Crippen LogP contribution in [0.3, 0.4) is 0 Å². The summed E-state index contributed by atoms with van der Waals surface area (Å²) >= 11 is 0. The molecule has 0 aromatic rings. The van der Waals surface area contributed by atoms with Crippen molar-refractivity contribution in [3.05, 3.63) is 0 Å². The molecule has 0 radical (unpaired) electrons. The van der Waals surface area contributed by atoms with Gasteiger partial charge in [-0.25, -0.2) is 0 Å². The van der Waals surface area contributed by atoms with Crippen LogP contribution in [0.15, 0.2) is 0 Å². The zero-order chi connectivity index (χ0) is 36.4. The van der Waals surface area contributed by atoms with E-state index in [1.165, 1.54) is 13.8 Å². The lowest BCUT2D eigenvalue weighted by molar-refractivity contribution is -0.295. The molecule has 2 bridgehead atoms. The van der Waals surface area contributed by atoms with Gasteiger partial charge in [0.1, 0.15) is 23.2 Å². The van der Waals surface area contributed by atoms with Crippen LogP contribution in [0.25, 0.3) is 0 Å². The summed E-state index contributed by atoms with van der Waals surface area (Å²) in [4.78, 5) is 31.4. The molecule has 4 saturated heterocycles. The Balaban J connectivity index is 2.12. The van der Waals surface area contributed by atoms with Crippen LogP contribution < -0.4 is 0 Å². The molecular weight excluding hydrogens is 620 g/mol. The lowest BCUT2D eigenvalue weighted by atomic mass is 9.69. The standard InChI is InChI=1S/C36H66N2O10/c1-13-27-36(9,43)31(40)23(5)38(12)20-21(3)18-35(8)28(46-30-16-25(37(10)11)15-22(4)45-30)17-26(24(6)48-35)32(41)34(7,33(42)47-27)19-29(39)44-14-2/h21-28,30-32,40-41,43H,13-20H2,1-12H3/t21-,22-,23-,24+,25?,26?,27-,28-,30+,31-,32+,34?,35-,36-/m1/s1. The number of carbonyl (C=O) groups is 2. The Morgan fingerprint density at radius 3 is 2.27 bits per heavy atom. The zero-order valence-corrected chi connectivity index (χ0v) is 31.6. The van der Waals surface area contributed by atoms with Gasteiger partial charge < -0.3 is 48.8 Å². The van der Waals surface area contributed by atoms with Crippen molar-refractivity contribution >= 4 is 11.9 Å². The SMILES string of the molecule is CCOC(=O)CC1(C)C(=O)O[C@H](CC)[C@@](C)(O)[C@H](O)[C@@H](C)N(C)C[C@H](C)C[C@@]2(C)O[C@@H](C)C(C[C@H]2O[C@H]2CC(N(C)C)C[C@@H](C)O2)[C@@H]1O. The molecule has 0 aromatic carbocycles. The van der Waals surface area contributed by atoms with E-state index < -0.39 is 83.7 Å². The van der Waals surface area contributed by atoms with Crippen LogP contribution in [0.4, 0.5) is 0 Å². The molecule has 0 aliphatic carbocycles. The van der Waals surface area contributed by atoms with Crippen LogP contribution in [0.5, 0.6) is 0 Å². The minimum atomic E-state index is -1.82. The number of hydrogen-bond acceptors (Lipinski definition) is 12. The van der Waals surface area contributed by atoms with Gasteiger partial charge in [-0.05, 0) is 101 Å². The van der Waals surface area contributed by atoms with Crippen molar-refractivity contribution < 1.29 is 48.6 Å². The molecule has 3 unspecified atom stereocenters. The summed E-state index contributed by atoms with van der Waals surface area (Å²) in [6.07, 6.45) is -3.08. The van der Waals surface area contributed by atoms with Crippen molar-refractivity contribution in [3.63, 3.8) is 0 Å².